The van der Waals surface area contributed by atoms with Crippen LogP contribution >= 0.6 is 11.6 Å². The fourth-order valence-electron chi connectivity index (χ4n) is 1.83. The van der Waals surface area contributed by atoms with Gasteiger partial charge in [0.2, 0.25) is 0 Å². The van der Waals surface area contributed by atoms with Gasteiger partial charge in [0.15, 0.2) is 0 Å². The van der Waals surface area contributed by atoms with Crippen molar-refractivity contribution in [3.63, 3.8) is 0 Å². The van der Waals surface area contributed by atoms with Gasteiger partial charge in [-0.1, -0.05) is 30.7 Å². The number of hydrogen-bond acceptors (Lipinski definition) is 4. The minimum Gasteiger partial charge on any atom is -0.321 e. The Morgan fingerprint density at radius 2 is 2.05 bits per heavy atom. The van der Waals surface area contributed by atoms with E-state index in [0.29, 0.717) is 12.1 Å². The van der Waals surface area contributed by atoms with Crippen LogP contribution in [0.4, 0.5) is 5.69 Å². The Hall–Kier alpha value is -2.27. The Bertz CT molecular complexity index is 625. The largest absolute Gasteiger partial charge is 0.321 e. The van der Waals surface area contributed by atoms with E-state index in [4.69, 9.17) is 17.0 Å². The molecular formula is C15H15ClN4O. The molecule has 1 heterocycles. The molecule has 5 nitrogen and oxygen atoms in total. The molecule has 0 aliphatic carbocycles. The number of nitrogens with zero attached hydrogens (tertiary/aromatic N) is 2. The SMILES string of the molecule is CC(CC=N)c1ccc(NC(=O)c2cnc(Cl)cn2)cc1. The van der Waals surface area contributed by atoms with Crippen LogP contribution in [-0.2, 0) is 0 Å². The lowest BCUT2D eigenvalue weighted by atomic mass is 9.98. The highest BCUT2D eigenvalue weighted by atomic mass is 35.5. The first kappa shape index (κ1) is 15.1. The molecule has 6 heteroatoms. The minimum atomic E-state index is -0.334. The number of carbonyl (C=O) groups excluding carboxylic acids is 1. The molecule has 0 aliphatic heterocycles. The van der Waals surface area contributed by atoms with E-state index in [-0.39, 0.29) is 22.7 Å². The van der Waals surface area contributed by atoms with Crippen molar-refractivity contribution in [3.8, 4) is 0 Å². The molecule has 108 valence electrons. The maximum Gasteiger partial charge on any atom is 0.275 e. The number of amides is 1. The summed E-state index contributed by atoms with van der Waals surface area (Å²) in [4.78, 5) is 19.7. The van der Waals surface area contributed by atoms with Crippen molar-refractivity contribution >= 4 is 29.4 Å². The summed E-state index contributed by atoms with van der Waals surface area (Å²) in [6, 6.07) is 7.54. The number of nitrogens with one attached hydrogen (secondary N) is 2. The van der Waals surface area contributed by atoms with E-state index < -0.39 is 0 Å². The number of halogens is 1. The highest BCUT2D eigenvalue weighted by molar-refractivity contribution is 6.29. The Labute approximate surface area is 127 Å². The lowest BCUT2D eigenvalue weighted by Gasteiger charge is -2.10. The van der Waals surface area contributed by atoms with E-state index in [1.54, 1.807) is 0 Å². The van der Waals surface area contributed by atoms with Crippen LogP contribution in [0.3, 0.4) is 0 Å². The summed E-state index contributed by atoms with van der Waals surface area (Å²) >= 11 is 5.63. The van der Waals surface area contributed by atoms with Crippen LogP contribution in [0.1, 0.15) is 35.3 Å². The molecule has 0 saturated heterocycles. The molecule has 0 bridgehead atoms. The molecule has 0 radical (unpaired) electrons. The zero-order valence-electron chi connectivity index (χ0n) is 11.5. The molecule has 0 fully saturated rings. The maximum atomic E-state index is 12.0. The molecule has 0 saturated carbocycles. The molecule has 2 aromatic rings. The van der Waals surface area contributed by atoms with Gasteiger partial charge in [-0.25, -0.2) is 9.97 Å². The Morgan fingerprint density at radius 3 is 2.62 bits per heavy atom. The molecule has 2 rings (SSSR count). The van der Waals surface area contributed by atoms with E-state index in [1.165, 1.54) is 18.6 Å². The minimum absolute atomic E-state index is 0.209. The fraction of sp³-hybridized carbons (Fsp3) is 0.200. The second-order valence-corrected chi connectivity index (χ2v) is 5.03. The second-order valence-electron chi connectivity index (χ2n) is 4.64. The highest BCUT2D eigenvalue weighted by Crippen LogP contribution is 2.20. The van der Waals surface area contributed by atoms with Gasteiger partial charge in [0.05, 0.1) is 12.4 Å². The predicted octanol–water partition coefficient (Wildman–Crippen LogP) is 3.53. The van der Waals surface area contributed by atoms with Crippen LogP contribution < -0.4 is 5.32 Å². The van der Waals surface area contributed by atoms with Gasteiger partial charge in [-0.15, -0.1) is 0 Å². The number of rotatable bonds is 5. The standard InChI is InChI=1S/C15H15ClN4O/c1-10(6-7-17)11-2-4-12(5-3-11)20-15(21)13-8-19-14(16)9-18-13/h2-5,7-10,17H,6H2,1H3,(H,20,21). The van der Waals surface area contributed by atoms with E-state index in [2.05, 4.69) is 22.2 Å². The van der Waals surface area contributed by atoms with Crippen molar-refractivity contribution in [1.82, 2.24) is 9.97 Å². The fourth-order valence-corrected chi connectivity index (χ4v) is 1.93. The Morgan fingerprint density at radius 1 is 1.33 bits per heavy atom. The third-order valence-corrected chi connectivity index (χ3v) is 3.26. The number of carbonyl (C=O) groups is 1. The summed E-state index contributed by atoms with van der Waals surface area (Å²) in [6.45, 7) is 2.06. The molecule has 1 unspecified atom stereocenters. The molecule has 1 atom stereocenters. The lowest BCUT2D eigenvalue weighted by molar-refractivity contribution is 0.102. The van der Waals surface area contributed by atoms with Crippen molar-refractivity contribution in [2.75, 3.05) is 5.32 Å². The van der Waals surface area contributed by atoms with Crippen molar-refractivity contribution in [1.29, 1.82) is 5.41 Å². The van der Waals surface area contributed by atoms with Crippen LogP contribution in [0.2, 0.25) is 5.15 Å². The monoisotopic (exact) mass is 302 g/mol. The second kappa shape index (κ2) is 6.95. The molecule has 21 heavy (non-hydrogen) atoms. The van der Waals surface area contributed by atoms with Crippen LogP contribution in [0.5, 0.6) is 0 Å². The average Bonchev–Trinajstić information content (AvgIpc) is 2.49. The van der Waals surface area contributed by atoms with E-state index in [9.17, 15) is 4.79 Å². The first-order valence-corrected chi connectivity index (χ1v) is 6.85. The van der Waals surface area contributed by atoms with Gasteiger partial charge in [0, 0.05) is 5.69 Å². The van der Waals surface area contributed by atoms with Crippen LogP contribution in [0.25, 0.3) is 0 Å². The molecule has 1 aromatic carbocycles. The third kappa shape index (κ3) is 4.10. The van der Waals surface area contributed by atoms with Crippen LogP contribution in [0, 0.1) is 5.41 Å². The van der Waals surface area contributed by atoms with E-state index in [1.807, 2.05) is 24.3 Å². The number of aromatic nitrogens is 2. The first-order valence-electron chi connectivity index (χ1n) is 6.48. The van der Waals surface area contributed by atoms with Crippen LogP contribution in [-0.4, -0.2) is 22.1 Å². The molecular weight excluding hydrogens is 288 g/mol. The van der Waals surface area contributed by atoms with Gasteiger partial charge < -0.3 is 10.7 Å². The molecule has 1 aromatic heterocycles. The van der Waals surface area contributed by atoms with Crippen LogP contribution in [0.15, 0.2) is 36.7 Å². The predicted molar refractivity (Wildman–Crippen MR) is 83.3 cm³/mol. The summed E-state index contributed by atoms with van der Waals surface area (Å²) in [6.07, 6.45) is 4.77. The smallest absolute Gasteiger partial charge is 0.275 e. The lowest BCUT2D eigenvalue weighted by Crippen LogP contribution is -2.13. The first-order chi connectivity index (χ1) is 10.1. The van der Waals surface area contributed by atoms with Crippen molar-refractivity contribution in [3.05, 3.63) is 53.1 Å². The molecule has 0 aliphatic rings. The van der Waals surface area contributed by atoms with Crippen molar-refractivity contribution < 1.29 is 4.79 Å². The summed E-state index contributed by atoms with van der Waals surface area (Å²) in [5.74, 6) is -0.0474. The van der Waals surface area contributed by atoms with Crippen molar-refractivity contribution in [2.24, 2.45) is 0 Å². The topological polar surface area (TPSA) is 78.7 Å². The summed E-state index contributed by atoms with van der Waals surface area (Å²) in [7, 11) is 0. The van der Waals surface area contributed by atoms with E-state index >= 15 is 0 Å². The average molecular weight is 303 g/mol. The van der Waals surface area contributed by atoms with Crippen molar-refractivity contribution in [2.45, 2.75) is 19.3 Å². The zero-order valence-corrected chi connectivity index (χ0v) is 12.3. The summed E-state index contributed by atoms with van der Waals surface area (Å²) in [5, 5.41) is 10.1. The Balaban J connectivity index is 2.04. The van der Waals surface area contributed by atoms with E-state index in [0.717, 1.165) is 5.56 Å². The Kier molecular flexibility index (Phi) is 5.00. The third-order valence-electron chi connectivity index (χ3n) is 3.06. The van der Waals surface area contributed by atoms with Gasteiger partial charge in [-0.2, -0.15) is 0 Å². The molecule has 2 N–H and O–H groups in total. The summed E-state index contributed by atoms with van der Waals surface area (Å²) in [5.41, 5.74) is 2.02. The van der Waals surface area contributed by atoms with Gasteiger partial charge in [0.1, 0.15) is 10.8 Å². The normalized spacial score (nSPS) is 11.7. The van der Waals surface area contributed by atoms with Gasteiger partial charge in [-0.05, 0) is 36.2 Å². The number of benzene rings is 1. The van der Waals surface area contributed by atoms with Gasteiger partial charge in [0.25, 0.3) is 5.91 Å². The molecule has 1 amide bonds. The molecule has 0 spiro atoms. The number of anilines is 1. The quantitative estimate of drug-likeness (QED) is 0.829. The zero-order chi connectivity index (χ0) is 15.2. The highest BCUT2D eigenvalue weighted by Gasteiger charge is 2.09. The number of hydrogen-bond donors (Lipinski definition) is 2. The maximum absolute atomic E-state index is 12.0. The summed E-state index contributed by atoms with van der Waals surface area (Å²) < 4.78 is 0. The van der Waals surface area contributed by atoms with Gasteiger partial charge >= 0.3 is 0 Å². The van der Waals surface area contributed by atoms with Gasteiger partial charge in [-0.3, -0.25) is 4.79 Å².